The van der Waals surface area contributed by atoms with Crippen molar-refractivity contribution in [1.29, 1.82) is 0 Å². The summed E-state index contributed by atoms with van der Waals surface area (Å²) in [6.45, 7) is 18.4. The van der Waals surface area contributed by atoms with Gasteiger partial charge in [-0.15, -0.1) is 0 Å². The van der Waals surface area contributed by atoms with Gasteiger partial charge >= 0.3 is 0 Å². The summed E-state index contributed by atoms with van der Waals surface area (Å²) in [5.74, 6) is 2.96. The fourth-order valence-electron chi connectivity index (χ4n) is 2.98. The van der Waals surface area contributed by atoms with Gasteiger partial charge in [0, 0.05) is 24.0 Å². The fourth-order valence-corrected chi connectivity index (χ4v) is 2.98. The second-order valence-corrected chi connectivity index (χ2v) is 7.43. The van der Waals surface area contributed by atoms with Gasteiger partial charge in [0.15, 0.2) is 5.82 Å². The molecule has 0 bridgehead atoms. The van der Waals surface area contributed by atoms with Crippen molar-refractivity contribution in [3.63, 3.8) is 0 Å². The summed E-state index contributed by atoms with van der Waals surface area (Å²) in [6.07, 6.45) is 0. The van der Waals surface area contributed by atoms with Crippen LogP contribution in [0.4, 0.5) is 23.1 Å². The summed E-state index contributed by atoms with van der Waals surface area (Å²) >= 11 is 0. The van der Waals surface area contributed by atoms with Gasteiger partial charge in [0.1, 0.15) is 24.0 Å². The van der Waals surface area contributed by atoms with Gasteiger partial charge < -0.3 is 15.4 Å². The van der Waals surface area contributed by atoms with Crippen LogP contribution in [0.5, 0.6) is 5.75 Å². The summed E-state index contributed by atoms with van der Waals surface area (Å²) < 4.78 is 5.81. The monoisotopic (exact) mass is 405 g/mol. The number of aryl methyl sites for hydroxylation is 3. The number of ether oxygens (including phenoxy) is 1. The topological polar surface area (TPSA) is 92.1 Å². The van der Waals surface area contributed by atoms with Crippen LogP contribution in [0.15, 0.2) is 24.3 Å². The van der Waals surface area contributed by atoms with E-state index in [-0.39, 0.29) is 0 Å². The normalized spacial score (nSPS) is 10.7. The lowest BCUT2D eigenvalue weighted by Crippen LogP contribution is -2.13. The Labute approximate surface area is 176 Å². The van der Waals surface area contributed by atoms with Crippen molar-refractivity contribution in [2.45, 2.75) is 40.5 Å². The van der Waals surface area contributed by atoms with Crippen LogP contribution in [-0.2, 0) is 0 Å². The maximum Gasteiger partial charge on any atom is 0.231 e. The molecular weight excluding hydrogens is 378 g/mol. The molecule has 0 unspecified atom stereocenters. The molecule has 8 nitrogen and oxygen atoms in total. The Kier molecular flexibility index (Phi) is 6.52. The van der Waals surface area contributed by atoms with E-state index < -0.39 is 0 Å². The molecule has 0 atom stereocenters. The van der Waals surface area contributed by atoms with Crippen molar-refractivity contribution in [1.82, 2.24) is 20.2 Å². The third-order valence-electron chi connectivity index (χ3n) is 4.60. The Morgan fingerprint density at radius 3 is 2.60 bits per heavy atom. The molecule has 0 aliphatic carbocycles. The Balaban J connectivity index is 1.67. The van der Waals surface area contributed by atoms with Crippen molar-refractivity contribution in [2.75, 3.05) is 23.8 Å². The van der Waals surface area contributed by atoms with Crippen LogP contribution >= 0.6 is 0 Å². The lowest BCUT2D eigenvalue weighted by molar-refractivity contribution is 0.328. The molecule has 8 heteroatoms. The van der Waals surface area contributed by atoms with E-state index in [1.807, 2.05) is 45.0 Å². The molecule has 0 aliphatic heterocycles. The van der Waals surface area contributed by atoms with Gasteiger partial charge in [-0.1, -0.05) is 13.8 Å². The number of aromatic nitrogens is 4. The molecule has 0 aromatic carbocycles. The van der Waals surface area contributed by atoms with E-state index in [2.05, 4.69) is 49.5 Å². The third-order valence-corrected chi connectivity index (χ3v) is 4.60. The first kappa shape index (κ1) is 21.1. The predicted molar refractivity (Wildman–Crippen MR) is 119 cm³/mol. The van der Waals surface area contributed by atoms with Crippen LogP contribution in [0.1, 0.15) is 42.4 Å². The van der Waals surface area contributed by atoms with E-state index in [4.69, 9.17) is 11.3 Å². The molecule has 0 saturated carbocycles. The molecule has 0 spiro atoms. The van der Waals surface area contributed by atoms with Gasteiger partial charge in [-0.25, -0.2) is 9.83 Å². The molecule has 0 fully saturated rings. The van der Waals surface area contributed by atoms with Crippen molar-refractivity contribution < 1.29 is 4.74 Å². The largest absolute Gasteiger partial charge is 0.490 e. The van der Waals surface area contributed by atoms with Crippen LogP contribution in [0.25, 0.3) is 4.85 Å². The van der Waals surface area contributed by atoms with E-state index in [9.17, 15) is 0 Å². The first-order chi connectivity index (χ1) is 14.4. The lowest BCUT2D eigenvalue weighted by Gasteiger charge is -2.13. The van der Waals surface area contributed by atoms with Gasteiger partial charge in [-0.05, 0) is 50.5 Å². The number of H-pyrrole nitrogens is 1. The molecule has 0 radical (unpaired) electrons. The minimum Gasteiger partial charge on any atom is -0.490 e. The SMILES string of the molecule is [C-]#[N+]c1c(C)cc(Nc2cc(C(C)C)[nH]n2)nc1NCCOc1ccc(C)nc1C. The molecule has 0 aliphatic rings. The zero-order valence-corrected chi connectivity index (χ0v) is 18.0. The molecule has 3 rings (SSSR count). The second kappa shape index (κ2) is 9.27. The zero-order chi connectivity index (χ0) is 21.7. The number of anilines is 3. The minimum absolute atomic E-state index is 0.358. The number of hydrogen-bond acceptors (Lipinski definition) is 6. The smallest absolute Gasteiger partial charge is 0.231 e. The number of nitrogens with zero attached hydrogens (tertiary/aromatic N) is 4. The van der Waals surface area contributed by atoms with Gasteiger partial charge in [-0.2, -0.15) is 5.10 Å². The van der Waals surface area contributed by atoms with E-state index in [0.29, 0.717) is 42.2 Å². The number of aromatic amines is 1. The predicted octanol–water partition coefficient (Wildman–Crippen LogP) is 5.03. The van der Waals surface area contributed by atoms with Crippen molar-refractivity contribution >= 4 is 23.1 Å². The third kappa shape index (κ3) is 5.06. The molecule has 0 amide bonds. The highest BCUT2D eigenvalue weighted by Crippen LogP contribution is 2.30. The van der Waals surface area contributed by atoms with E-state index in [1.165, 1.54) is 0 Å². The van der Waals surface area contributed by atoms with E-state index in [1.54, 1.807) is 0 Å². The average Bonchev–Trinajstić information content (AvgIpc) is 3.15. The van der Waals surface area contributed by atoms with Crippen LogP contribution in [0, 0.1) is 27.3 Å². The second-order valence-electron chi connectivity index (χ2n) is 7.43. The summed E-state index contributed by atoms with van der Waals surface area (Å²) in [6, 6.07) is 7.65. The van der Waals surface area contributed by atoms with Gasteiger partial charge in [0.25, 0.3) is 0 Å². The molecule has 156 valence electrons. The van der Waals surface area contributed by atoms with Crippen LogP contribution < -0.4 is 15.4 Å². The molecule has 3 N–H and O–H groups in total. The first-order valence-electron chi connectivity index (χ1n) is 9.89. The van der Waals surface area contributed by atoms with Crippen LogP contribution in [-0.4, -0.2) is 33.3 Å². The van der Waals surface area contributed by atoms with Gasteiger partial charge in [-0.3, -0.25) is 10.1 Å². The molecule has 3 aromatic heterocycles. The maximum atomic E-state index is 7.50. The first-order valence-corrected chi connectivity index (χ1v) is 9.89. The maximum absolute atomic E-state index is 7.50. The van der Waals surface area contributed by atoms with Crippen molar-refractivity contribution in [2.24, 2.45) is 0 Å². The molecular formula is C22H27N7O. The lowest BCUT2D eigenvalue weighted by atomic mass is 10.1. The Bertz CT molecular complexity index is 1070. The van der Waals surface area contributed by atoms with E-state index >= 15 is 0 Å². The zero-order valence-electron chi connectivity index (χ0n) is 18.0. The Morgan fingerprint density at radius 1 is 1.13 bits per heavy atom. The number of rotatable bonds is 8. The molecule has 3 heterocycles. The summed E-state index contributed by atoms with van der Waals surface area (Å²) in [5.41, 5.74) is 4.20. The fraction of sp³-hybridized carbons (Fsp3) is 0.364. The summed E-state index contributed by atoms with van der Waals surface area (Å²) in [5, 5.41) is 13.7. The summed E-state index contributed by atoms with van der Waals surface area (Å²) in [7, 11) is 0. The highest BCUT2D eigenvalue weighted by atomic mass is 16.5. The van der Waals surface area contributed by atoms with Gasteiger partial charge in [0.05, 0.1) is 12.3 Å². The minimum atomic E-state index is 0.358. The van der Waals surface area contributed by atoms with E-state index in [0.717, 1.165) is 28.4 Å². The standard InChI is InChI=1S/C22H27N7O/c1-13(2)17-12-20(29-28-17)26-19-11-14(3)21(23-6)22(27-19)24-9-10-30-18-8-7-15(4)25-16(18)5/h7-8,11-13H,9-10H2,1-5H3,(H3,24,26,27,28,29). The van der Waals surface area contributed by atoms with Crippen LogP contribution in [0.3, 0.4) is 0 Å². The molecule has 3 aromatic rings. The highest BCUT2D eigenvalue weighted by molar-refractivity contribution is 5.73. The van der Waals surface area contributed by atoms with Crippen molar-refractivity contribution in [3.05, 3.63) is 58.3 Å². The molecule has 0 saturated heterocycles. The van der Waals surface area contributed by atoms with Crippen LogP contribution in [0.2, 0.25) is 0 Å². The van der Waals surface area contributed by atoms with Gasteiger partial charge in [0.2, 0.25) is 5.69 Å². The summed E-state index contributed by atoms with van der Waals surface area (Å²) in [4.78, 5) is 12.6. The number of hydrogen-bond donors (Lipinski definition) is 3. The number of pyridine rings is 2. The average molecular weight is 406 g/mol. The number of nitrogens with one attached hydrogen (secondary N) is 3. The quantitative estimate of drug-likeness (QED) is 0.359. The Hall–Kier alpha value is -3.60. The Morgan fingerprint density at radius 2 is 1.93 bits per heavy atom. The van der Waals surface area contributed by atoms with Crippen molar-refractivity contribution in [3.8, 4) is 5.75 Å². The molecule has 30 heavy (non-hydrogen) atoms. The highest BCUT2D eigenvalue weighted by Gasteiger charge is 2.12.